The van der Waals surface area contributed by atoms with Crippen LogP contribution < -0.4 is 5.32 Å². The van der Waals surface area contributed by atoms with Gasteiger partial charge in [-0.1, -0.05) is 29.8 Å². The zero-order valence-corrected chi connectivity index (χ0v) is 12.2. The maximum absolute atomic E-state index is 11.6. The number of rotatable bonds is 1. The Balaban J connectivity index is 2.33. The summed E-state index contributed by atoms with van der Waals surface area (Å²) in [6.45, 7) is 8.23. The van der Waals surface area contributed by atoms with Gasteiger partial charge in [-0.05, 0) is 39.7 Å². The molecule has 1 amide bonds. The predicted molar refractivity (Wildman–Crippen MR) is 78.5 cm³/mol. The molecule has 102 valence electrons. The van der Waals surface area contributed by atoms with Crippen LogP contribution in [0, 0.1) is 6.92 Å². The molecule has 0 saturated carbocycles. The summed E-state index contributed by atoms with van der Waals surface area (Å²) in [5, 5.41) is 2.95. The molecule has 2 rings (SSSR count). The predicted octanol–water partition coefficient (Wildman–Crippen LogP) is 3.19. The van der Waals surface area contributed by atoms with E-state index in [2.05, 4.69) is 41.5 Å². The summed E-state index contributed by atoms with van der Waals surface area (Å²) in [5.41, 5.74) is 2.30. The first-order valence-corrected chi connectivity index (χ1v) is 6.81. The van der Waals surface area contributed by atoms with E-state index in [1.807, 2.05) is 20.8 Å². The minimum Gasteiger partial charge on any atom is -0.314 e. The molecule has 0 bridgehead atoms. The number of amides is 1. The first kappa shape index (κ1) is 13.8. The van der Waals surface area contributed by atoms with Crippen molar-refractivity contribution in [2.45, 2.75) is 52.0 Å². The van der Waals surface area contributed by atoms with E-state index in [1.54, 1.807) is 0 Å². The van der Waals surface area contributed by atoms with E-state index < -0.39 is 0 Å². The van der Waals surface area contributed by atoms with Gasteiger partial charge in [-0.25, -0.2) is 0 Å². The van der Waals surface area contributed by atoms with Gasteiger partial charge < -0.3 is 5.32 Å². The van der Waals surface area contributed by atoms with Crippen LogP contribution in [0.5, 0.6) is 0 Å². The number of hydrogen-bond acceptors (Lipinski definition) is 2. The lowest BCUT2D eigenvalue weighted by atomic mass is 9.89. The van der Waals surface area contributed by atoms with Crippen LogP contribution in [0.1, 0.15) is 50.7 Å². The monoisotopic (exact) mass is 258 g/mol. The maximum atomic E-state index is 11.6. The molecule has 1 heterocycles. The molecule has 1 N–H and O–H groups in total. The minimum absolute atomic E-state index is 0.0753. The van der Waals surface area contributed by atoms with E-state index in [1.165, 1.54) is 11.1 Å². The number of benzene rings is 1. The average Bonchev–Trinajstić information content (AvgIpc) is 2.29. The number of hydrogen-bond donors (Lipinski definition) is 1. The molecule has 1 unspecified atom stereocenters. The van der Waals surface area contributed by atoms with Gasteiger partial charge in [-0.3, -0.25) is 9.79 Å². The van der Waals surface area contributed by atoms with Gasteiger partial charge in [0, 0.05) is 12.3 Å². The van der Waals surface area contributed by atoms with Crippen LogP contribution >= 0.6 is 0 Å². The van der Waals surface area contributed by atoms with Crippen LogP contribution in [0.2, 0.25) is 0 Å². The Hall–Kier alpha value is -1.64. The van der Waals surface area contributed by atoms with Gasteiger partial charge >= 0.3 is 0 Å². The summed E-state index contributed by atoms with van der Waals surface area (Å²) in [5.74, 6) is 1.09. The van der Waals surface area contributed by atoms with Crippen LogP contribution in [0.15, 0.2) is 29.3 Å². The van der Waals surface area contributed by atoms with Crippen LogP contribution in [0.4, 0.5) is 0 Å². The fraction of sp³-hybridized carbons (Fsp3) is 0.500. The molecule has 1 aromatic rings. The van der Waals surface area contributed by atoms with Crippen LogP contribution in [-0.2, 0) is 4.79 Å². The molecule has 1 aliphatic heterocycles. The van der Waals surface area contributed by atoms with Gasteiger partial charge in [-0.2, -0.15) is 0 Å². The summed E-state index contributed by atoms with van der Waals surface area (Å²) in [7, 11) is 0. The first-order chi connectivity index (χ1) is 8.85. The Morgan fingerprint density at radius 3 is 2.42 bits per heavy atom. The second-order valence-electron chi connectivity index (χ2n) is 6.22. The average molecular weight is 258 g/mol. The topological polar surface area (TPSA) is 41.5 Å². The highest BCUT2D eigenvalue weighted by Crippen LogP contribution is 2.27. The van der Waals surface area contributed by atoms with Crippen molar-refractivity contribution in [3.63, 3.8) is 0 Å². The van der Waals surface area contributed by atoms with E-state index in [0.717, 1.165) is 12.3 Å². The lowest BCUT2D eigenvalue weighted by molar-refractivity contribution is -0.120. The van der Waals surface area contributed by atoms with Crippen molar-refractivity contribution in [1.29, 1.82) is 0 Å². The third kappa shape index (κ3) is 3.66. The molecular formula is C16H22N2O. The largest absolute Gasteiger partial charge is 0.314 e. The molecule has 1 saturated heterocycles. The molecule has 0 aliphatic carbocycles. The second kappa shape index (κ2) is 5.16. The Labute approximate surface area is 115 Å². The molecule has 3 heteroatoms. The fourth-order valence-electron chi connectivity index (χ4n) is 2.30. The van der Waals surface area contributed by atoms with Crippen molar-refractivity contribution in [2.75, 3.05) is 0 Å². The Kier molecular flexibility index (Phi) is 3.74. The van der Waals surface area contributed by atoms with Crippen molar-refractivity contribution in [1.82, 2.24) is 5.32 Å². The summed E-state index contributed by atoms with van der Waals surface area (Å²) < 4.78 is 0. The molecule has 1 aromatic carbocycles. The number of nitrogens with one attached hydrogen (secondary N) is 1. The number of carbonyl (C=O) groups excluding carboxylic acids is 1. The number of aryl methyl sites for hydroxylation is 1. The zero-order chi connectivity index (χ0) is 14.0. The standard InChI is InChI=1S/C16H22N2O/c1-11-5-7-12(8-6-11)13-9-10-14(19)17-15(13)18-16(2,3)4/h5-8,13H,9-10H2,1-4H3,(H,17,18,19). The highest BCUT2D eigenvalue weighted by molar-refractivity contribution is 6.04. The molecule has 19 heavy (non-hydrogen) atoms. The number of amidine groups is 1. The Morgan fingerprint density at radius 1 is 1.21 bits per heavy atom. The number of piperidine rings is 1. The minimum atomic E-state index is -0.178. The summed E-state index contributed by atoms with van der Waals surface area (Å²) in [4.78, 5) is 16.3. The van der Waals surface area contributed by atoms with Crippen LogP contribution in [0.25, 0.3) is 0 Å². The van der Waals surface area contributed by atoms with Gasteiger partial charge in [0.1, 0.15) is 5.84 Å². The van der Waals surface area contributed by atoms with Gasteiger partial charge in [0.05, 0.1) is 5.54 Å². The highest BCUT2D eigenvalue weighted by Gasteiger charge is 2.27. The van der Waals surface area contributed by atoms with Gasteiger partial charge in [0.2, 0.25) is 5.91 Å². The number of aliphatic imine (C=N–C) groups is 1. The SMILES string of the molecule is Cc1ccc(C2CCC(=O)NC2=NC(C)(C)C)cc1. The molecule has 1 aliphatic rings. The molecule has 1 fully saturated rings. The molecular weight excluding hydrogens is 236 g/mol. The molecule has 0 radical (unpaired) electrons. The van der Waals surface area contributed by atoms with Gasteiger partial charge in [-0.15, -0.1) is 0 Å². The summed E-state index contributed by atoms with van der Waals surface area (Å²) in [6, 6.07) is 8.49. The normalized spacial score (nSPS) is 22.4. The van der Waals surface area contributed by atoms with E-state index in [4.69, 9.17) is 0 Å². The van der Waals surface area contributed by atoms with Crippen molar-refractivity contribution >= 4 is 11.7 Å². The van der Waals surface area contributed by atoms with Gasteiger partial charge in [0.15, 0.2) is 0 Å². The zero-order valence-electron chi connectivity index (χ0n) is 12.2. The Bertz CT molecular complexity index is 494. The van der Waals surface area contributed by atoms with Gasteiger partial charge in [0.25, 0.3) is 0 Å². The third-order valence-electron chi connectivity index (χ3n) is 3.19. The third-order valence-corrected chi connectivity index (χ3v) is 3.19. The van der Waals surface area contributed by atoms with E-state index in [0.29, 0.717) is 6.42 Å². The van der Waals surface area contributed by atoms with Crippen molar-refractivity contribution in [3.05, 3.63) is 35.4 Å². The van der Waals surface area contributed by atoms with E-state index in [9.17, 15) is 4.79 Å². The quantitative estimate of drug-likeness (QED) is 0.825. The Morgan fingerprint density at radius 2 is 1.84 bits per heavy atom. The molecule has 0 spiro atoms. The lowest BCUT2D eigenvalue weighted by Gasteiger charge is -2.27. The molecule has 0 aromatic heterocycles. The first-order valence-electron chi connectivity index (χ1n) is 6.81. The number of nitrogens with zero attached hydrogens (tertiary/aromatic N) is 1. The van der Waals surface area contributed by atoms with E-state index >= 15 is 0 Å². The molecule has 3 nitrogen and oxygen atoms in total. The van der Waals surface area contributed by atoms with E-state index in [-0.39, 0.29) is 17.4 Å². The second-order valence-corrected chi connectivity index (χ2v) is 6.22. The number of carbonyl (C=O) groups is 1. The summed E-state index contributed by atoms with van der Waals surface area (Å²) >= 11 is 0. The molecule has 1 atom stereocenters. The smallest absolute Gasteiger partial charge is 0.225 e. The summed E-state index contributed by atoms with van der Waals surface area (Å²) in [6.07, 6.45) is 1.41. The van der Waals surface area contributed by atoms with Crippen LogP contribution in [0.3, 0.4) is 0 Å². The van der Waals surface area contributed by atoms with Crippen molar-refractivity contribution in [3.8, 4) is 0 Å². The fourth-order valence-corrected chi connectivity index (χ4v) is 2.30. The maximum Gasteiger partial charge on any atom is 0.225 e. The van der Waals surface area contributed by atoms with Crippen molar-refractivity contribution in [2.24, 2.45) is 4.99 Å². The lowest BCUT2D eigenvalue weighted by Crippen LogP contribution is -2.41. The highest BCUT2D eigenvalue weighted by atomic mass is 16.1. The van der Waals surface area contributed by atoms with Crippen LogP contribution in [-0.4, -0.2) is 17.3 Å². The van der Waals surface area contributed by atoms with Crippen molar-refractivity contribution < 1.29 is 4.79 Å².